The number of nitrogens with two attached hydrogens (primary N) is 3. The first-order valence-corrected chi connectivity index (χ1v) is 3.69. The number of aromatic nitrogens is 2. The molecule has 0 aliphatic carbocycles. The van der Waals surface area contributed by atoms with Crippen molar-refractivity contribution in [3.8, 4) is 0 Å². The van der Waals surface area contributed by atoms with Crippen LogP contribution in [0.3, 0.4) is 0 Å². The summed E-state index contributed by atoms with van der Waals surface area (Å²) >= 11 is 0. The van der Waals surface area contributed by atoms with Gasteiger partial charge in [0.2, 0.25) is 17.7 Å². The van der Waals surface area contributed by atoms with E-state index in [-0.39, 0.29) is 24.7 Å². The van der Waals surface area contributed by atoms with E-state index in [1.54, 1.807) is 0 Å². The molecule has 1 aromatic heterocycles. The van der Waals surface area contributed by atoms with E-state index in [9.17, 15) is 4.79 Å². The lowest BCUT2D eigenvalue weighted by molar-refractivity contribution is -0.118. The minimum absolute atomic E-state index is 0.0216. The normalized spacial score (nSPS) is 12.8. The fourth-order valence-corrected chi connectivity index (χ4v) is 0.803. The molecule has 1 heterocycles. The molecule has 1 rings (SSSR count). The van der Waals surface area contributed by atoms with Crippen LogP contribution in [0.1, 0.15) is 24.2 Å². The predicted octanol–water partition coefficient (Wildman–Crippen LogP) is -1.60. The van der Waals surface area contributed by atoms with E-state index < -0.39 is 11.9 Å². The monoisotopic (exact) mass is 185 g/mol. The summed E-state index contributed by atoms with van der Waals surface area (Å²) in [6, 6.07) is -0.648. The summed E-state index contributed by atoms with van der Waals surface area (Å²) in [6.45, 7) is 0.149. The summed E-state index contributed by atoms with van der Waals surface area (Å²) in [5.41, 5.74) is 15.7. The SMILES string of the molecule is NCc1nnc(C(N)CC(N)=O)o1. The average molecular weight is 185 g/mol. The van der Waals surface area contributed by atoms with Crippen molar-refractivity contribution in [1.82, 2.24) is 10.2 Å². The number of carbonyl (C=O) groups excluding carboxylic acids is 1. The molecule has 0 aliphatic heterocycles. The van der Waals surface area contributed by atoms with Gasteiger partial charge in [0.1, 0.15) is 0 Å². The van der Waals surface area contributed by atoms with Crippen molar-refractivity contribution in [3.63, 3.8) is 0 Å². The molecule has 0 saturated carbocycles. The van der Waals surface area contributed by atoms with Gasteiger partial charge >= 0.3 is 0 Å². The molecule has 7 heteroatoms. The smallest absolute Gasteiger partial charge is 0.233 e. The number of amides is 1. The van der Waals surface area contributed by atoms with Gasteiger partial charge in [0.25, 0.3) is 0 Å². The Balaban J connectivity index is 2.65. The first kappa shape index (κ1) is 9.62. The topological polar surface area (TPSA) is 134 Å². The Labute approximate surface area is 74.3 Å². The highest BCUT2D eigenvalue weighted by Crippen LogP contribution is 2.11. The van der Waals surface area contributed by atoms with Gasteiger partial charge in [0.05, 0.1) is 19.0 Å². The predicted molar refractivity (Wildman–Crippen MR) is 42.9 cm³/mol. The average Bonchev–Trinajstić information content (AvgIpc) is 2.50. The largest absolute Gasteiger partial charge is 0.422 e. The minimum Gasteiger partial charge on any atom is -0.422 e. The molecule has 0 saturated heterocycles. The third-order valence-electron chi connectivity index (χ3n) is 1.40. The lowest BCUT2D eigenvalue weighted by atomic mass is 10.2. The molecular formula is C6H11N5O2. The van der Waals surface area contributed by atoms with Gasteiger partial charge < -0.3 is 21.6 Å². The van der Waals surface area contributed by atoms with Crippen LogP contribution in [-0.2, 0) is 11.3 Å². The molecule has 7 nitrogen and oxygen atoms in total. The zero-order valence-electron chi connectivity index (χ0n) is 6.93. The second kappa shape index (κ2) is 3.97. The van der Waals surface area contributed by atoms with Gasteiger partial charge in [-0.2, -0.15) is 0 Å². The summed E-state index contributed by atoms with van der Waals surface area (Å²) in [7, 11) is 0. The van der Waals surface area contributed by atoms with E-state index in [2.05, 4.69) is 10.2 Å². The summed E-state index contributed by atoms with van der Waals surface area (Å²) in [6.07, 6.45) is -0.0216. The molecule has 6 N–H and O–H groups in total. The Bertz CT molecular complexity index is 297. The van der Waals surface area contributed by atoms with Gasteiger partial charge in [-0.1, -0.05) is 0 Å². The van der Waals surface area contributed by atoms with E-state index in [1.807, 2.05) is 0 Å². The van der Waals surface area contributed by atoms with Gasteiger partial charge in [-0.25, -0.2) is 0 Å². The van der Waals surface area contributed by atoms with Crippen LogP contribution >= 0.6 is 0 Å². The third kappa shape index (κ3) is 2.49. The molecule has 0 fully saturated rings. The van der Waals surface area contributed by atoms with Crippen LogP contribution < -0.4 is 17.2 Å². The Morgan fingerprint density at radius 2 is 2.23 bits per heavy atom. The maximum Gasteiger partial charge on any atom is 0.233 e. The number of rotatable bonds is 4. The van der Waals surface area contributed by atoms with Crippen molar-refractivity contribution in [2.24, 2.45) is 17.2 Å². The molecule has 13 heavy (non-hydrogen) atoms. The van der Waals surface area contributed by atoms with Crippen molar-refractivity contribution < 1.29 is 9.21 Å². The quantitative estimate of drug-likeness (QED) is 0.517. The van der Waals surface area contributed by atoms with Gasteiger partial charge in [-0.15, -0.1) is 10.2 Å². The van der Waals surface area contributed by atoms with Gasteiger partial charge in [-0.05, 0) is 0 Å². The van der Waals surface area contributed by atoms with Crippen LogP contribution in [-0.4, -0.2) is 16.1 Å². The van der Waals surface area contributed by atoms with E-state index in [0.717, 1.165) is 0 Å². The standard InChI is InChI=1S/C6H11N5O2/c7-2-5-10-11-6(13-5)3(8)1-4(9)12/h3H,1-2,7-8H2,(H2,9,12). The molecule has 0 aliphatic rings. The minimum atomic E-state index is -0.648. The van der Waals surface area contributed by atoms with Crippen LogP contribution in [0.4, 0.5) is 0 Å². The lowest BCUT2D eigenvalue weighted by Crippen LogP contribution is -2.20. The maximum absolute atomic E-state index is 10.5. The van der Waals surface area contributed by atoms with E-state index in [1.165, 1.54) is 0 Å². The van der Waals surface area contributed by atoms with Crippen LogP contribution in [0, 0.1) is 0 Å². The highest BCUT2D eigenvalue weighted by Gasteiger charge is 2.15. The third-order valence-corrected chi connectivity index (χ3v) is 1.40. The van der Waals surface area contributed by atoms with Crippen molar-refractivity contribution >= 4 is 5.91 Å². The molecule has 1 amide bonds. The van der Waals surface area contributed by atoms with Gasteiger partial charge in [-0.3, -0.25) is 4.79 Å². The Kier molecular flexibility index (Phi) is 2.93. The molecule has 0 aromatic carbocycles. The molecular weight excluding hydrogens is 174 g/mol. The molecule has 0 radical (unpaired) electrons. The summed E-state index contributed by atoms with van der Waals surface area (Å²) in [5, 5.41) is 7.20. The number of hydrogen-bond acceptors (Lipinski definition) is 6. The van der Waals surface area contributed by atoms with Crippen molar-refractivity contribution in [1.29, 1.82) is 0 Å². The number of primary amides is 1. The highest BCUT2D eigenvalue weighted by molar-refractivity contribution is 5.74. The fraction of sp³-hybridized carbons (Fsp3) is 0.500. The van der Waals surface area contributed by atoms with E-state index in [0.29, 0.717) is 0 Å². The maximum atomic E-state index is 10.5. The molecule has 1 atom stereocenters. The Morgan fingerprint density at radius 3 is 2.69 bits per heavy atom. The second-order valence-corrected chi connectivity index (χ2v) is 2.52. The molecule has 1 aromatic rings. The van der Waals surface area contributed by atoms with Crippen LogP contribution in [0.2, 0.25) is 0 Å². The van der Waals surface area contributed by atoms with E-state index >= 15 is 0 Å². The van der Waals surface area contributed by atoms with Gasteiger partial charge in [0.15, 0.2) is 0 Å². The number of nitrogens with zero attached hydrogens (tertiary/aromatic N) is 2. The zero-order chi connectivity index (χ0) is 9.84. The first-order chi connectivity index (χ1) is 6.13. The van der Waals surface area contributed by atoms with Gasteiger partial charge in [0, 0.05) is 0 Å². The number of hydrogen-bond donors (Lipinski definition) is 3. The Morgan fingerprint density at radius 1 is 1.54 bits per heavy atom. The van der Waals surface area contributed by atoms with Crippen LogP contribution in [0.25, 0.3) is 0 Å². The summed E-state index contributed by atoms with van der Waals surface area (Å²) in [5.74, 6) is -0.0471. The van der Waals surface area contributed by atoms with Crippen molar-refractivity contribution in [3.05, 3.63) is 11.8 Å². The molecule has 72 valence electrons. The first-order valence-electron chi connectivity index (χ1n) is 3.69. The fourth-order valence-electron chi connectivity index (χ4n) is 0.803. The zero-order valence-corrected chi connectivity index (χ0v) is 6.93. The summed E-state index contributed by atoms with van der Waals surface area (Å²) < 4.78 is 5.02. The summed E-state index contributed by atoms with van der Waals surface area (Å²) in [4.78, 5) is 10.5. The lowest BCUT2D eigenvalue weighted by Gasteiger charge is -2.01. The Hall–Kier alpha value is -1.47. The number of carbonyl (C=O) groups is 1. The molecule has 0 spiro atoms. The molecule has 1 unspecified atom stereocenters. The van der Waals surface area contributed by atoms with Crippen LogP contribution in [0.5, 0.6) is 0 Å². The highest BCUT2D eigenvalue weighted by atomic mass is 16.4. The second-order valence-electron chi connectivity index (χ2n) is 2.52. The van der Waals surface area contributed by atoms with E-state index in [4.69, 9.17) is 21.6 Å². The molecule has 0 bridgehead atoms. The van der Waals surface area contributed by atoms with Crippen LogP contribution in [0.15, 0.2) is 4.42 Å². The van der Waals surface area contributed by atoms with Crippen molar-refractivity contribution in [2.45, 2.75) is 19.0 Å². The van der Waals surface area contributed by atoms with Crippen molar-refractivity contribution in [2.75, 3.05) is 0 Å².